The van der Waals surface area contributed by atoms with Crippen LogP contribution in [0.15, 0.2) is 48.1 Å². The summed E-state index contributed by atoms with van der Waals surface area (Å²) in [5.74, 6) is 1.33. The van der Waals surface area contributed by atoms with Crippen LogP contribution in [0.4, 0.5) is 0 Å². The molecular weight excluding hydrogens is 598 g/mol. The van der Waals surface area contributed by atoms with Crippen molar-refractivity contribution in [2.75, 3.05) is 0 Å². The monoisotopic (exact) mass is 672 g/mol. The molecule has 10 atom stereocenters. The first kappa shape index (κ1) is 44.0. The molecule has 0 saturated carbocycles. The molecule has 1 heterocycles. The number of ketones is 1. The first-order valence-corrected chi connectivity index (χ1v) is 19.2. The molecule has 1 aliphatic rings. The molecular formula is C42H73NO5. The Bertz CT molecular complexity index is 1030. The van der Waals surface area contributed by atoms with E-state index < -0.39 is 12.2 Å². The van der Waals surface area contributed by atoms with Gasteiger partial charge in [0.25, 0.3) is 0 Å². The van der Waals surface area contributed by atoms with E-state index in [4.69, 9.17) is 0 Å². The summed E-state index contributed by atoms with van der Waals surface area (Å²) in [6.07, 6.45) is 23.7. The number of allylic oxidation sites excluding steroid dienone is 8. The highest BCUT2D eigenvalue weighted by Crippen LogP contribution is 2.29. The van der Waals surface area contributed by atoms with Crippen LogP contribution in [0.5, 0.6) is 0 Å². The van der Waals surface area contributed by atoms with Crippen molar-refractivity contribution in [3.05, 3.63) is 48.1 Å². The lowest BCUT2D eigenvalue weighted by molar-refractivity contribution is -0.129. The SMILES string of the molecule is CCC1CCC(C(C)C(O)C(C)CCC(O)C(C)CC/C=C/C=C(\C)CC/C=C/C=C/CC(C)C(O)C(CCC(C)=O)C(C)C)NC1=O. The van der Waals surface area contributed by atoms with Crippen molar-refractivity contribution in [1.82, 2.24) is 5.32 Å². The fourth-order valence-electron chi connectivity index (χ4n) is 6.96. The van der Waals surface area contributed by atoms with Crippen molar-refractivity contribution in [3.63, 3.8) is 0 Å². The lowest BCUT2D eigenvalue weighted by Gasteiger charge is -2.36. The smallest absolute Gasteiger partial charge is 0.223 e. The van der Waals surface area contributed by atoms with Gasteiger partial charge in [0, 0.05) is 24.3 Å². The molecule has 1 rings (SSSR count). The van der Waals surface area contributed by atoms with Crippen molar-refractivity contribution in [1.29, 1.82) is 0 Å². The van der Waals surface area contributed by atoms with Crippen molar-refractivity contribution in [2.45, 2.75) is 164 Å². The van der Waals surface area contributed by atoms with Gasteiger partial charge in [-0.15, -0.1) is 0 Å². The van der Waals surface area contributed by atoms with Gasteiger partial charge in [-0.3, -0.25) is 4.79 Å². The fourth-order valence-corrected chi connectivity index (χ4v) is 6.96. The number of carbonyl (C=O) groups excluding carboxylic acids is 2. The average Bonchev–Trinajstić information content (AvgIpc) is 3.04. The maximum absolute atomic E-state index is 12.3. The molecule has 0 aromatic carbocycles. The molecule has 276 valence electrons. The largest absolute Gasteiger partial charge is 0.393 e. The van der Waals surface area contributed by atoms with E-state index in [1.54, 1.807) is 6.92 Å². The third kappa shape index (κ3) is 17.1. The molecule has 1 fully saturated rings. The van der Waals surface area contributed by atoms with Crippen molar-refractivity contribution >= 4 is 11.7 Å². The summed E-state index contributed by atoms with van der Waals surface area (Å²) in [5, 5.41) is 35.7. The fraction of sp³-hybridized carbons (Fsp3) is 0.762. The van der Waals surface area contributed by atoms with Crippen LogP contribution in [0.2, 0.25) is 0 Å². The van der Waals surface area contributed by atoms with Crippen LogP contribution < -0.4 is 5.32 Å². The molecule has 10 unspecified atom stereocenters. The Morgan fingerprint density at radius 3 is 2.08 bits per heavy atom. The molecule has 48 heavy (non-hydrogen) atoms. The van der Waals surface area contributed by atoms with Crippen LogP contribution in [-0.2, 0) is 9.59 Å². The van der Waals surface area contributed by atoms with Crippen molar-refractivity contribution < 1.29 is 24.9 Å². The van der Waals surface area contributed by atoms with Crippen LogP contribution in [0.25, 0.3) is 0 Å². The number of rotatable bonds is 24. The number of amides is 1. The van der Waals surface area contributed by atoms with Gasteiger partial charge in [-0.2, -0.15) is 0 Å². The van der Waals surface area contributed by atoms with E-state index in [1.807, 2.05) is 6.92 Å². The second kappa shape index (κ2) is 24.2. The van der Waals surface area contributed by atoms with Gasteiger partial charge < -0.3 is 25.4 Å². The minimum Gasteiger partial charge on any atom is -0.393 e. The summed E-state index contributed by atoms with van der Waals surface area (Å²) in [6, 6.07) is 0.0277. The molecule has 0 aliphatic carbocycles. The summed E-state index contributed by atoms with van der Waals surface area (Å²) < 4.78 is 0. The Morgan fingerprint density at radius 1 is 0.792 bits per heavy atom. The lowest BCUT2D eigenvalue weighted by atomic mass is 9.80. The maximum Gasteiger partial charge on any atom is 0.223 e. The quantitative estimate of drug-likeness (QED) is 0.0767. The summed E-state index contributed by atoms with van der Waals surface area (Å²) in [4.78, 5) is 23.7. The predicted octanol–water partition coefficient (Wildman–Crippen LogP) is 8.91. The minimum atomic E-state index is -0.497. The van der Waals surface area contributed by atoms with Crippen LogP contribution >= 0.6 is 0 Å². The molecule has 0 aromatic heterocycles. The number of carbonyl (C=O) groups is 2. The highest BCUT2D eigenvalue weighted by molar-refractivity contribution is 5.79. The van der Waals surface area contributed by atoms with Gasteiger partial charge in [-0.25, -0.2) is 0 Å². The van der Waals surface area contributed by atoms with Gasteiger partial charge in [0.15, 0.2) is 0 Å². The third-order valence-corrected chi connectivity index (χ3v) is 11.0. The van der Waals surface area contributed by atoms with E-state index in [1.165, 1.54) is 5.57 Å². The first-order chi connectivity index (χ1) is 22.7. The van der Waals surface area contributed by atoms with Gasteiger partial charge in [0.1, 0.15) is 5.78 Å². The second-order valence-corrected chi connectivity index (χ2v) is 15.5. The second-order valence-electron chi connectivity index (χ2n) is 15.5. The number of hydrogen-bond acceptors (Lipinski definition) is 5. The van der Waals surface area contributed by atoms with E-state index in [0.717, 1.165) is 64.2 Å². The number of aliphatic hydroxyl groups is 3. The van der Waals surface area contributed by atoms with Crippen LogP contribution in [0.1, 0.15) is 139 Å². The highest BCUT2D eigenvalue weighted by atomic mass is 16.3. The molecule has 0 aromatic rings. The number of nitrogens with one attached hydrogen (secondary N) is 1. The Labute approximate surface area is 294 Å². The Kier molecular flexibility index (Phi) is 22.2. The normalized spacial score (nSPS) is 22.9. The maximum atomic E-state index is 12.3. The summed E-state index contributed by atoms with van der Waals surface area (Å²) in [5.41, 5.74) is 1.33. The van der Waals surface area contributed by atoms with E-state index in [0.29, 0.717) is 18.8 Å². The van der Waals surface area contributed by atoms with E-state index >= 15 is 0 Å². The molecule has 6 heteroatoms. The van der Waals surface area contributed by atoms with Crippen LogP contribution in [0, 0.1) is 41.4 Å². The molecule has 4 N–H and O–H groups in total. The van der Waals surface area contributed by atoms with Crippen molar-refractivity contribution in [2.24, 2.45) is 41.4 Å². The average molecular weight is 672 g/mol. The zero-order valence-corrected chi connectivity index (χ0v) is 32.0. The van der Waals surface area contributed by atoms with E-state index in [-0.39, 0.29) is 59.3 Å². The topological polar surface area (TPSA) is 107 Å². The number of piperidine rings is 1. The van der Waals surface area contributed by atoms with Crippen molar-refractivity contribution in [3.8, 4) is 0 Å². The van der Waals surface area contributed by atoms with Gasteiger partial charge in [0.05, 0.1) is 18.3 Å². The molecule has 6 nitrogen and oxygen atoms in total. The predicted molar refractivity (Wildman–Crippen MR) is 201 cm³/mol. The molecule has 0 radical (unpaired) electrons. The Morgan fingerprint density at radius 2 is 1.46 bits per heavy atom. The van der Waals surface area contributed by atoms with Crippen LogP contribution in [0.3, 0.4) is 0 Å². The number of Topliss-reactive ketones (excluding diaryl/α,β-unsaturated/α-hetero) is 1. The Balaban J connectivity index is 2.31. The Hall–Kier alpha value is -2.02. The summed E-state index contributed by atoms with van der Waals surface area (Å²) >= 11 is 0. The lowest BCUT2D eigenvalue weighted by Crippen LogP contribution is -2.50. The molecule has 1 aliphatic heterocycles. The number of hydrogen-bond donors (Lipinski definition) is 4. The standard InChI is InChI=1S/C42H73NO5/c1-10-36-25-27-38(43-42(36)48)35(9)40(46)33(7)23-28-39(45)31(5)21-18-14-16-20-30(4)19-15-12-11-13-17-22-32(6)41(47)37(29(2)3)26-24-34(8)44/h11-14,16-17,20,29,31-33,35-41,45-47H,10,15,18-19,21-28H2,1-9H3,(H,43,48)/b12-11+,16-14+,17-13+,30-20+. The van der Waals surface area contributed by atoms with E-state index in [9.17, 15) is 24.9 Å². The van der Waals surface area contributed by atoms with Crippen LogP contribution in [-0.4, -0.2) is 51.4 Å². The van der Waals surface area contributed by atoms with E-state index in [2.05, 4.69) is 96.3 Å². The zero-order chi connectivity index (χ0) is 36.2. The molecule has 0 spiro atoms. The zero-order valence-electron chi connectivity index (χ0n) is 32.0. The van der Waals surface area contributed by atoms with Gasteiger partial charge >= 0.3 is 0 Å². The van der Waals surface area contributed by atoms with Gasteiger partial charge in [-0.1, -0.05) is 96.6 Å². The first-order valence-electron chi connectivity index (χ1n) is 19.2. The van der Waals surface area contributed by atoms with Gasteiger partial charge in [-0.05, 0) is 114 Å². The summed E-state index contributed by atoms with van der Waals surface area (Å²) in [7, 11) is 0. The molecule has 1 saturated heterocycles. The number of aliphatic hydroxyl groups excluding tert-OH is 3. The molecule has 1 amide bonds. The third-order valence-electron chi connectivity index (χ3n) is 11.0. The highest BCUT2D eigenvalue weighted by Gasteiger charge is 2.34. The van der Waals surface area contributed by atoms with Gasteiger partial charge in [0.2, 0.25) is 5.91 Å². The summed E-state index contributed by atoms with van der Waals surface area (Å²) in [6.45, 7) is 18.4. The minimum absolute atomic E-state index is 0.000290. The molecule has 0 bridgehead atoms.